The largest absolute Gasteiger partial charge is 0.458 e. The Labute approximate surface area is 201 Å². The van der Waals surface area contributed by atoms with Gasteiger partial charge in [0.2, 0.25) is 5.91 Å². The number of non-ortho nitro benzene ring substituents is 1. The Bertz CT molecular complexity index is 1010. The minimum atomic E-state index is -0.466. The fourth-order valence-corrected chi connectivity index (χ4v) is 8.52. The molecule has 4 fully saturated rings. The number of nitrogens with zero attached hydrogens (tertiary/aromatic N) is 2. The molecule has 1 heterocycles. The fraction of sp³-hybridized carbons (Fsp3) is 0.704. The first-order valence-corrected chi connectivity index (χ1v) is 12.8. The van der Waals surface area contributed by atoms with Gasteiger partial charge < -0.3 is 9.64 Å². The number of hydrogen-bond acceptors (Lipinski definition) is 5. The van der Waals surface area contributed by atoms with E-state index in [4.69, 9.17) is 4.74 Å². The number of carbonyl (C=O) groups is 2. The van der Waals surface area contributed by atoms with E-state index in [2.05, 4.69) is 20.8 Å². The predicted molar refractivity (Wildman–Crippen MR) is 127 cm³/mol. The molecule has 1 saturated heterocycles. The normalized spacial score (nSPS) is 41.3. The number of nitro groups is 1. The Hall–Kier alpha value is -2.44. The van der Waals surface area contributed by atoms with Gasteiger partial charge in [0.25, 0.3) is 5.69 Å². The van der Waals surface area contributed by atoms with Gasteiger partial charge in [0.1, 0.15) is 6.10 Å². The molecule has 7 nitrogen and oxygen atoms in total. The van der Waals surface area contributed by atoms with Crippen LogP contribution in [0, 0.1) is 44.6 Å². The Balaban J connectivity index is 1.35. The van der Waals surface area contributed by atoms with Gasteiger partial charge in [0.15, 0.2) is 0 Å². The van der Waals surface area contributed by atoms with Crippen LogP contribution in [0.5, 0.6) is 0 Å². The number of rotatable bonds is 3. The Kier molecular flexibility index (Phi) is 5.53. The zero-order valence-electron chi connectivity index (χ0n) is 20.7. The van der Waals surface area contributed by atoms with E-state index in [9.17, 15) is 19.7 Å². The molecule has 1 aliphatic heterocycles. The molecule has 3 saturated carbocycles. The first-order valence-electron chi connectivity index (χ1n) is 12.8. The van der Waals surface area contributed by atoms with Crippen molar-refractivity contribution in [2.24, 2.45) is 34.5 Å². The van der Waals surface area contributed by atoms with Crippen molar-refractivity contribution in [1.29, 1.82) is 0 Å². The van der Waals surface area contributed by atoms with Crippen LogP contribution in [0.4, 0.5) is 5.69 Å². The van der Waals surface area contributed by atoms with Crippen molar-refractivity contribution in [2.75, 3.05) is 7.05 Å². The molecule has 0 aromatic heterocycles. The third-order valence-electron chi connectivity index (χ3n) is 10.4. The Morgan fingerprint density at radius 3 is 2.44 bits per heavy atom. The molecule has 0 spiro atoms. The lowest BCUT2D eigenvalue weighted by molar-refractivity contribution is -0.384. The standard InChI is InChI=1S/C27H36N2O5/c1-16-15-21-26(2,14-12-23(30)28(21)4)20-11-13-27(3)19(24(16)20)9-10-22(27)34-25(31)17-5-7-18(8-6-17)29(32)33/h5-8,16,19-22,24H,9-15H2,1-4H3/t16?,19-,20+,21?,22?,24-,26+,27-/m0/s1. The lowest BCUT2D eigenvalue weighted by atomic mass is 9.45. The molecule has 3 unspecified atom stereocenters. The quantitative estimate of drug-likeness (QED) is 0.344. The number of amides is 1. The molecule has 1 aromatic carbocycles. The van der Waals surface area contributed by atoms with Crippen LogP contribution in [0.25, 0.3) is 0 Å². The summed E-state index contributed by atoms with van der Waals surface area (Å²) in [6, 6.07) is 6.00. The molecule has 3 aliphatic carbocycles. The van der Waals surface area contributed by atoms with E-state index in [1.54, 1.807) is 0 Å². The van der Waals surface area contributed by atoms with Crippen molar-refractivity contribution in [3.8, 4) is 0 Å². The molecule has 0 N–H and O–H groups in total. The van der Waals surface area contributed by atoms with Crippen LogP contribution in [0.2, 0.25) is 0 Å². The Morgan fingerprint density at radius 2 is 1.76 bits per heavy atom. The van der Waals surface area contributed by atoms with Crippen molar-refractivity contribution in [1.82, 2.24) is 4.90 Å². The van der Waals surface area contributed by atoms with Crippen LogP contribution >= 0.6 is 0 Å². The molecular weight excluding hydrogens is 432 g/mol. The highest BCUT2D eigenvalue weighted by Crippen LogP contribution is 2.66. The average Bonchev–Trinajstić information content (AvgIpc) is 3.14. The van der Waals surface area contributed by atoms with Gasteiger partial charge >= 0.3 is 5.97 Å². The number of fused-ring (bicyclic) bond motifs is 5. The van der Waals surface area contributed by atoms with Crippen LogP contribution < -0.4 is 0 Å². The van der Waals surface area contributed by atoms with Crippen LogP contribution in [0.3, 0.4) is 0 Å². The summed E-state index contributed by atoms with van der Waals surface area (Å²) in [5.74, 6) is 2.12. The van der Waals surface area contributed by atoms with E-state index in [0.717, 1.165) is 38.5 Å². The summed E-state index contributed by atoms with van der Waals surface area (Å²) in [5, 5.41) is 10.9. The minimum Gasteiger partial charge on any atom is -0.458 e. The molecule has 184 valence electrons. The lowest BCUT2D eigenvalue weighted by Crippen LogP contribution is -2.63. The molecule has 5 rings (SSSR count). The summed E-state index contributed by atoms with van der Waals surface area (Å²) in [6.45, 7) is 7.10. The van der Waals surface area contributed by atoms with Gasteiger partial charge in [0, 0.05) is 37.1 Å². The SMILES string of the molecule is CC1CC2N(C)C(=O)CC[C@]2(C)[C@@H]2CC[C@]3(C)C(OC(=O)c4ccc([N+](=O)[O-])cc4)CC[C@H]3[C@H]12. The number of esters is 1. The Morgan fingerprint density at radius 1 is 1.09 bits per heavy atom. The van der Waals surface area contributed by atoms with Gasteiger partial charge in [-0.1, -0.05) is 20.8 Å². The molecule has 7 heteroatoms. The number of benzene rings is 1. The van der Waals surface area contributed by atoms with E-state index in [1.165, 1.54) is 24.3 Å². The zero-order valence-corrected chi connectivity index (χ0v) is 20.7. The summed E-state index contributed by atoms with van der Waals surface area (Å²) in [7, 11) is 1.99. The van der Waals surface area contributed by atoms with Gasteiger partial charge in [-0.15, -0.1) is 0 Å². The van der Waals surface area contributed by atoms with E-state index in [1.807, 2.05) is 11.9 Å². The van der Waals surface area contributed by atoms with Crippen molar-refractivity contribution in [3.63, 3.8) is 0 Å². The third-order valence-corrected chi connectivity index (χ3v) is 10.4. The van der Waals surface area contributed by atoms with Crippen molar-refractivity contribution in [3.05, 3.63) is 39.9 Å². The molecule has 8 atom stereocenters. The smallest absolute Gasteiger partial charge is 0.338 e. The van der Waals surface area contributed by atoms with Crippen molar-refractivity contribution < 1.29 is 19.2 Å². The summed E-state index contributed by atoms with van der Waals surface area (Å²) in [6.07, 6.45) is 6.64. The predicted octanol–water partition coefficient (Wildman–Crippen LogP) is 5.23. The maximum Gasteiger partial charge on any atom is 0.338 e. The number of ether oxygens (including phenoxy) is 1. The van der Waals surface area contributed by atoms with Crippen LogP contribution in [0.1, 0.15) is 76.1 Å². The number of hydrogen-bond donors (Lipinski definition) is 0. The summed E-state index contributed by atoms with van der Waals surface area (Å²) in [5.41, 5.74) is 0.443. The summed E-state index contributed by atoms with van der Waals surface area (Å²) < 4.78 is 6.09. The summed E-state index contributed by atoms with van der Waals surface area (Å²) in [4.78, 5) is 37.9. The van der Waals surface area contributed by atoms with Crippen LogP contribution in [-0.4, -0.2) is 40.9 Å². The van der Waals surface area contributed by atoms with Gasteiger partial charge in [-0.05, 0) is 79.7 Å². The third kappa shape index (κ3) is 3.37. The monoisotopic (exact) mass is 468 g/mol. The molecule has 1 aromatic rings. The van der Waals surface area contributed by atoms with Gasteiger partial charge in [-0.25, -0.2) is 4.79 Å². The van der Waals surface area contributed by atoms with E-state index in [-0.39, 0.29) is 34.5 Å². The second-order valence-corrected chi connectivity index (χ2v) is 11.8. The second kappa shape index (κ2) is 8.06. The summed E-state index contributed by atoms with van der Waals surface area (Å²) >= 11 is 0. The first-order chi connectivity index (χ1) is 16.1. The van der Waals surface area contributed by atoms with Crippen molar-refractivity contribution >= 4 is 17.6 Å². The highest BCUT2D eigenvalue weighted by molar-refractivity contribution is 5.89. The van der Waals surface area contributed by atoms with Gasteiger partial charge in [-0.3, -0.25) is 14.9 Å². The van der Waals surface area contributed by atoms with E-state index in [0.29, 0.717) is 41.7 Å². The molecule has 0 radical (unpaired) electrons. The second-order valence-electron chi connectivity index (χ2n) is 11.8. The zero-order chi connectivity index (χ0) is 24.4. The van der Waals surface area contributed by atoms with E-state index >= 15 is 0 Å². The van der Waals surface area contributed by atoms with Crippen LogP contribution in [-0.2, 0) is 9.53 Å². The average molecular weight is 469 g/mol. The number of likely N-dealkylation sites (tertiary alicyclic amines) is 1. The number of piperidine rings is 1. The fourth-order valence-electron chi connectivity index (χ4n) is 8.52. The molecule has 34 heavy (non-hydrogen) atoms. The van der Waals surface area contributed by atoms with Gasteiger partial charge in [0.05, 0.1) is 10.5 Å². The molecule has 1 amide bonds. The van der Waals surface area contributed by atoms with Crippen molar-refractivity contribution in [2.45, 2.75) is 77.9 Å². The molecular formula is C27H36N2O5. The molecule has 4 aliphatic rings. The van der Waals surface area contributed by atoms with Gasteiger partial charge in [-0.2, -0.15) is 0 Å². The highest BCUT2D eigenvalue weighted by atomic mass is 16.6. The maximum absolute atomic E-state index is 12.9. The van der Waals surface area contributed by atoms with Crippen LogP contribution in [0.15, 0.2) is 24.3 Å². The molecule has 0 bridgehead atoms. The lowest BCUT2D eigenvalue weighted by Gasteiger charge is -2.63. The number of carbonyl (C=O) groups excluding carboxylic acids is 2. The maximum atomic E-state index is 12.9. The minimum absolute atomic E-state index is 0.0316. The topological polar surface area (TPSA) is 89.8 Å². The highest BCUT2D eigenvalue weighted by Gasteiger charge is 2.63. The number of nitro benzene ring substituents is 1. The van der Waals surface area contributed by atoms with E-state index < -0.39 is 4.92 Å². The first kappa shape index (κ1) is 23.3.